The summed E-state index contributed by atoms with van der Waals surface area (Å²) >= 11 is 0. The van der Waals surface area contributed by atoms with Gasteiger partial charge < -0.3 is 19.1 Å². The van der Waals surface area contributed by atoms with Gasteiger partial charge in [-0.2, -0.15) is 0 Å². The summed E-state index contributed by atoms with van der Waals surface area (Å²) in [6.45, 7) is 7.13. The molecule has 0 unspecified atom stereocenters. The molecule has 1 aromatic rings. The quantitative estimate of drug-likeness (QED) is 0.713. The first kappa shape index (κ1) is 20.4. The third-order valence-corrected chi connectivity index (χ3v) is 6.30. The predicted molar refractivity (Wildman–Crippen MR) is 110 cm³/mol. The van der Waals surface area contributed by atoms with Gasteiger partial charge in [0.05, 0.1) is 12.6 Å². The number of nitrogens with zero attached hydrogens (tertiary/aromatic N) is 4. The SMILES string of the molecule is CN1CCN(CC#CCOC2CCN(C(=O)c3noc4c3CCCC4)CC2)CC1. The summed E-state index contributed by atoms with van der Waals surface area (Å²) in [5.74, 6) is 7.31. The number of carbonyl (C=O) groups is 1. The highest BCUT2D eigenvalue weighted by Crippen LogP contribution is 2.26. The van der Waals surface area contributed by atoms with E-state index in [9.17, 15) is 4.79 Å². The summed E-state index contributed by atoms with van der Waals surface area (Å²) in [6.07, 6.45) is 5.94. The summed E-state index contributed by atoms with van der Waals surface area (Å²) in [6, 6.07) is 0. The van der Waals surface area contributed by atoms with Crippen LogP contribution in [0, 0.1) is 11.8 Å². The molecule has 7 nitrogen and oxygen atoms in total. The molecule has 7 heteroatoms. The molecule has 29 heavy (non-hydrogen) atoms. The van der Waals surface area contributed by atoms with Gasteiger partial charge in [-0.25, -0.2) is 0 Å². The topological polar surface area (TPSA) is 62.1 Å². The number of aryl methyl sites for hydroxylation is 1. The Balaban J connectivity index is 1.17. The molecule has 0 atom stereocenters. The lowest BCUT2D eigenvalue weighted by molar-refractivity contribution is 0.0226. The predicted octanol–water partition coefficient (Wildman–Crippen LogP) is 1.43. The molecule has 2 aliphatic heterocycles. The van der Waals surface area contributed by atoms with E-state index in [4.69, 9.17) is 9.26 Å². The molecule has 0 saturated carbocycles. The molecule has 0 bridgehead atoms. The Morgan fingerprint density at radius 1 is 1.10 bits per heavy atom. The molecule has 2 fully saturated rings. The Hall–Kier alpha value is -1.88. The monoisotopic (exact) mass is 400 g/mol. The average molecular weight is 401 g/mol. The molecule has 0 N–H and O–H groups in total. The Morgan fingerprint density at radius 3 is 2.66 bits per heavy atom. The molecule has 0 aromatic carbocycles. The van der Waals surface area contributed by atoms with Gasteiger partial charge in [-0.1, -0.05) is 17.0 Å². The van der Waals surface area contributed by atoms with E-state index in [1.54, 1.807) is 0 Å². The Bertz CT molecular complexity index is 750. The number of likely N-dealkylation sites (N-methyl/N-ethyl adjacent to an activating group) is 1. The molecule has 2 saturated heterocycles. The van der Waals surface area contributed by atoms with E-state index in [2.05, 4.69) is 33.8 Å². The molecular weight excluding hydrogens is 368 g/mol. The number of hydrogen-bond donors (Lipinski definition) is 0. The number of hydrogen-bond acceptors (Lipinski definition) is 6. The maximum absolute atomic E-state index is 12.8. The highest BCUT2D eigenvalue weighted by Gasteiger charge is 2.30. The second kappa shape index (κ2) is 9.75. The Morgan fingerprint density at radius 2 is 1.86 bits per heavy atom. The average Bonchev–Trinajstić information content (AvgIpc) is 3.19. The van der Waals surface area contributed by atoms with Crippen molar-refractivity contribution in [3.63, 3.8) is 0 Å². The third-order valence-electron chi connectivity index (χ3n) is 6.30. The number of ether oxygens (including phenoxy) is 1. The Labute approximate surface area is 173 Å². The normalized spacial score (nSPS) is 21.5. The summed E-state index contributed by atoms with van der Waals surface area (Å²) in [4.78, 5) is 19.5. The van der Waals surface area contributed by atoms with Crippen molar-refractivity contribution in [3.05, 3.63) is 17.0 Å². The molecular formula is C22H32N4O3. The lowest BCUT2D eigenvalue weighted by atomic mass is 9.96. The summed E-state index contributed by atoms with van der Waals surface area (Å²) in [5.41, 5.74) is 1.57. The van der Waals surface area contributed by atoms with Crippen molar-refractivity contribution in [2.45, 2.75) is 44.6 Å². The number of carbonyl (C=O) groups excluding carboxylic acids is 1. The standard InChI is InChI=1S/C22H32N4O3/c1-24-13-15-25(16-14-24)10-4-5-17-28-18-8-11-26(12-9-18)22(27)21-19-6-2-3-7-20(19)29-23-21/h18H,2-3,6-17H2,1H3. The van der Waals surface area contributed by atoms with Gasteiger partial charge in [-0.3, -0.25) is 9.69 Å². The van der Waals surface area contributed by atoms with Gasteiger partial charge in [0.15, 0.2) is 5.69 Å². The van der Waals surface area contributed by atoms with E-state index in [1.807, 2.05) is 4.90 Å². The summed E-state index contributed by atoms with van der Waals surface area (Å²) in [5, 5.41) is 4.08. The van der Waals surface area contributed by atoms with Gasteiger partial charge in [0, 0.05) is 51.3 Å². The molecule has 3 heterocycles. The highest BCUT2D eigenvalue weighted by molar-refractivity contribution is 5.94. The van der Waals surface area contributed by atoms with Crippen molar-refractivity contribution in [1.29, 1.82) is 0 Å². The van der Waals surface area contributed by atoms with Crippen LogP contribution in [0.5, 0.6) is 0 Å². The number of rotatable bonds is 4. The number of piperidine rings is 1. The van der Waals surface area contributed by atoms with Gasteiger partial charge in [-0.15, -0.1) is 0 Å². The van der Waals surface area contributed by atoms with Gasteiger partial charge in [0.1, 0.15) is 12.4 Å². The van der Waals surface area contributed by atoms with Crippen molar-refractivity contribution in [2.24, 2.45) is 0 Å². The van der Waals surface area contributed by atoms with E-state index in [1.165, 1.54) is 0 Å². The molecule has 0 radical (unpaired) electrons. The highest BCUT2D eigenvalue weighted by atomic mass is 16.5. The first-order chi connectivity index (χ1) is 14.2. The fourth-order valence-electron chi connectivity index (χ4n) is 4.31. The number of likely N-dealkylation sites (tertiary alicyclic amines) is 1. The fraction of sp³-hybridized carbons (Fsp3) is 0.727. The first-order valence-electron chi connectivity index (χ1n) is 11.0. The molecule has 3 aliphatic rings. The smallest absolute Gasteiger partial charge is 0.276 e. The Kier molecular flexibility index (Phi) is 6.86. The minimum atomic E-state index is 0.0160. The van der Waals surface area contributed by atoms with Crippen LogP contribution in [0.2, 0.25) is 0 Å². The van der Waals surface area contributed by atoms with Crippen LogP contribution in [0.15, 0.2) is 4.52 Å². The van der Waals surface area contributed by atoms with E-state index in [0.29, 0.717) is 25.4 Å². The zero-order chi connectivity index (χ0) is 20.1. The van der Waals surface area contributed by atoms with E-state index < -0.39 is 0 Å². The fourth-order valence-corrected chi connectivity index (χ4v) is 4.31. The lowest BCUT2D eigenvalue weighted by Gasteiger charge is -2.31. The maximum Gasteiger partial charge on any atom is 0.276 e. The van der Waals surface area contributed by atoms with Crippen LogP contribution in [0.25, 0.3) is 0 Å². The summed E-state index contributed by atoms with van der Waals surface area (Å²) in [7, 11) is 2.16. The number of aromatic nitrogens is 1. The van der Waals surface area contributed by atoms with Crippen molar-refractivity contribution in [2.75, 3.05) is 59.5 Å². The first-order valence-corrected chi connectivity index (χ1v) is 11.0. The van der Waals surface area contributed by atoms with Crippen molar-refractivity contribution < 1.29 is 14.1 Å². The number of piperazine rings is 1. The summed E-state index contributed by atoms with van der Waals surface area (Å²) < 4.78 is 11.3. The van der Waals surface area contributed by atoms with Crippen LogP contribution in [-0.2, 0) is 17.6 Å². The molecule has 0 spiro atoms. The zero-order valence-electron chi connectivity index (χ0n) is 17.5. The molecule has 158 valence electrons. The van der Waals surface area contributed by atoms with Crippen molar-refractivity contribution >= 4 is 5.91 Å². The minimum Gasteiger partial charge on any atom is -0.365 e. The number of amides is 1. The van der Waals surface area contributed by atoms with Crippen molar-refractivity contribution in [3.8, 4) is 11.8 Å². The van der Waals surface area contributed by atoms with Gasteiger partial charge in [0.25, 0.3) is 5.91 Å². The maximum atomic E-state index is 12.8. The second-order valence-electron chi connectivity index (χ2n) is 8.38. The van der Waals surface area contributed by atoms with Crippen molar-refractivity contribution in [1.82, 2.24) is 19.9 Å². The molecule has 4 rings (SSSR count). The van der Waals surface area contributed by atoms with E-state index in [0.717, 1.165) is 82.6 Å². The van der Waals surface area contributed by atoms with Crippen LogP contribution in [0.3, 0.4) is 0 Å². The van der Waals surface area contributed by atoms with Crippen LogP contribution in [-0.4, -0.2) is 91.3 Å². The zero-order valence-corrected chi connectivity index (χ0v) is 17.5. The van der Waals surface area contributed by atoms with E-state index in [-0.39, 0.29) is 12.0 Å². The lowest BCUT2D eigenvalue weighted by Crippen LogP contribution is -2.44. The van der Waals surface area contributed by atoms with Crippen LogP contribution >= 0.6 is 0 Å². The second-order valence-corrected chi connectivity index (χ2v) is 8.38. The van der Waals surface area contributed by atoms with Crippen LogP contribution < -0.4 is 0 Å². The van der Waals surface area contributed by atoms with E-state index >= 15 is 0 Å². The van der Waals surface area contributed by atoms with Gasteiger partial charge >= 0.3 is 0 Å². The largest absolute Gasteiger partial charge is 0.365 e. The molecule has 1 aromatic heterocycles. The number of fused-ring (bicyclic) bond motifs is 1. The third kappa shape index (κ3) is 5.19. The van der Waals surface area contributed by atoms with Crippen LogP contribution in [0.4, 0.5) is 0 Å². The van der Waals surface area contributed by atoms with Gasteiger partial charge in [0.2, 0.25) is 0 Å². The van der Waals surface area contributed by atoms with Gasteiger partial charge in [-0.05, 0) is 39.2 Å². The molecule has 1 amide bonds. The minimum absolute atomic E-state index is 0.0160. The van der Waals surface area contributed by atoms with Crippen LogP contribution in [0.1, 0.15) is 47.5 Å². The molecule has 1 aliphatic carbocycles.